The lowest BCUT2D eigenvalue weighted by molar-refractivity contribution is -0.137. The number of ether oxygens (including phenoxy) is 1. The number of likely N-dealkylation sites (N-methyl/N-ethyl adjacent to an activating group) is 1. The third-order valence-corrected chi connectivity index (χ3v) is 4.78. The maximum Gasteiger partial charge on any atom is 0.418 e. The predicted molar refractivity (Wildman–Crippen MR) is 116 cm³/mol. The summed E-state index contributed by atoms with van der Waals surface area (Å²) >= 11 is 0. The van der Waals surface area contributed by atoms with Gasteiger partial charge in [-0.1, -0.05) is 29.8 Å². The zero-order valence-corrected chi connectivity index (χ0v) is 18.1. The molecule has 0 fully saturated rings. The minimum atomic E-state index is -4.62. The number of nitrogens with one attached hydrogen (secondary N) is 1. The molecule has 0 saturated heterocycles. The molecule has 0 unspecified atom stereocenters. The number of benzene rings is 2. The number of amides is 2. The van der Waals surface area contributed by atoms with Gasteiger partial charge in [-0.2, -0.15) is 13.2 Å². The molecule has 174 valence electrons. The molecule has 3 aromatic rings. The summed E-state index contributed by atoms with van der Waals surface area (Å²) in [6.45, 7) is 3.44. The third-order valence-electron chi connectivity index (χ3n) is 4.78. The zero-order chi connectivity index (χ0) is 24.0. The smallest absolute Gasteiger partial charge is 0.418 e. The highest BCUT2D eigenvalue weighted by molar-refractivity contribution is 5.98. The molecule has 9 heteroatoms. The molecule has 2 amide bonds. The van der Waals surface area contributed by atoms with Crippen molar-refractivity contribution in [3.8, 4) is 5.75 Å². The van der Waals surface area contributed by atoms with Crippen LogP contribution in [0.3, 0.4) is 0 Å². The Morgan fingerprint density at radius 2 is 1.73 bits per heavy atom. The van der Waals surface area contributed by atoms with Gasteiger partial charge in [0.05, 0.1) is 11.3 Å². The number of halogens is 3. The summed E-state index contributed by atoms with van der Waals surface area (Å²) in [5.41, 5.74) is -0.233. The van der Waals surface area contributed by atoms with Gasteiger partial charge >= 0.3 is 6.18 Å². The van der Waals surface area contributed by atoms with Crippen LogP contribution in [0.4, 0.5) is 18.9 Å². The van der Waals surface area contributed by atoms with Gasteiger partial charge < -0.3 is 19.4 Å². The second-order valence-corrected chi connectivity index (χ2v) is 7.28. The first-order valence-corrected chi connectivity index (χ1v) is 10.2. The molecule has 0 aliphatic heterocycles. The third kappa shape index (κ3) is 6.38. The highest BCUT2D eigenvalue weighted by Gasteiger charge is 2.33. The molecule has 1 heterocycles. The van der Waals surface area contributed by atoms with Gasteiger partial charge in [0.25, 0.3) is 5.91 Å². The molecule has 1 N–H and O–H groups in total. The van der Waals surface area contributed by atoms with Crippen LogP contribution < -0.4 is 10.1 Å². The molecule has 0 spiro atoms. The van der Waals surface area contributed by atoms with Crippen molar-refractivity contribution in [2.75, 3.05) is 18.4 Å². The average Bonchev–Trinajstić information content (AvgIpc) is 3.25. The van der Waals surface area contributed by atoms with E-state index < -0.39 is 30.1 Å². The SMILES string of the molecule is CCN(CC(=O)Nc1ccccc1C(F)(F)F)C(=O)c1ccc(COc2ccc(C)cc2)o1. The van der Waals surface area contributed by atoms with Crippen molar-refractivity contribution in [3.05, 3.63) is 83.3 Å². The Morgan fingerprint density at radius 1 is 1.03 bits per heavy atom. The molecule has 2 aromatic carbocycles. The van der Waals surface area contributed by atoms with E-state index in [-0.39, 0.29) is 24.6 Å². The lowest BCUT2D eigenvalue weighted by atomic mass is 10.1. The van der Waals surface area contributed by atoms with Crippen molar-refractivity contribution < 1.29 is 31.9 Å². The number of hydrogen-bond donors (Lipinski definition) is 1. The fourth-order valence-corrected chi connectivity index (χ4v) is 3.04. The largest absolute Gasteiger partial charge is 0.486 e. The molecule has 0 bridgehead atoms. The van der Waals surface area contributed by atoms with E-state index in [1.165, 1.54) is 23.1 Å². The topological polar surface area (TPSA) is 71.8 Å². The fraction of sp³-hybridized carbons (Fsp3) is 0.250. The maximum atomic E-state index is 13.1. The van der Waals surface area contributed by atoms with E-state index in [0.29, 0.717) is 11.5 Å². The van der Waals surface area contributed by atoms with Crippen LogP contribution in [-0.4, -0.2) is 29.8 Å². The number of furan rings is 1. The van der Waals surface area contributed by atoms with Crippen molar-refractivity contribution in [2.24, 2.45) is 0 Å². The van der Waals surface area contributed by atoms with E-state index in [4.69, 9.17) is 9.15 Å². The van der Waals surface area contributed by atoms with Crippen LogP contribution in [0.25, 0.3) is 0 Å². The van der Waals surface area contributed by atoms with Crippen LogP contribution in [0, 0.1) is 6.92 Å². The number of para-hydroxylation sites is 1. The minimum absolute atomic E-state index is 0.00264. The van der Waals surface area contributed by atoms with Gasteiger partial charge in [-0.3, -0.25) is 9.59 Å². The molecule has 0 radical (unpaired) electrons. The van der Waals surface area contributed by atoms with Gasteiger partial charge in [-0.25, -0.2) is 0 Å². The number of aryl methyl sites for hydroxylation is 1. The monoisotopic (exact) mass is 460 g/mol. The standard InChI is InChI=1S/C24H23F3N2O4/c1-3-29(14-22(30)28-20-7-5-4-6-19(20)24(25,26)27)23(31)21-13-12-18(33-21)15-32-17-10-8-16(2)9-11-17/h4-13H,3,14-15H2,1-2H3,(H,28,30). The predicted octanol–water partition coefficient (Wildman–Crippen LogP) is 5.29. The number of anilines is 1. The lowest BCUT2D eigenvalue weighted by Gasteiger charge is -2.20. The summed E-state index contributed by atoms with van der Waals surface area (Å²) in [7, 11) is 0. The van der Waals surface area contributed by atoms with Crippen molar-refractivity contribution in [1.82, 2.24) is 4.90 Å². The number of carbonyl (C=O) groups excluding carboxylic acids is 2. The Balaban J connectivity index is 1.61. The number of carbonyl (C=O) groups is 2. The Hall–Kier alpha value is -3.75. The molecule has 0 atom stereocenters. The maximum absolute atomic E-state index is 13.1. The van der Waals surface area contributed by atoms with Gasteiger partial charge in [0.15, 0.2) is 5.76 Å². The second kappa shape index (κ2) is 10.2. The molecule has 6 nitrogen and oxygen atoms in total. The molecule has 1 aromatic heterocycles. The summed E-state index contributed by atoms with van der Waals surface area (Å²) in [5.74, 6) is -0.244. The highest BCUT2D eigenvalue weighted by atomic mass is 19.4. The summed E-state index contributed by atoms with van der Waals surface area (Å²) < 4.78 is 50.6. The summed E-state index contributed by atoms with van der Waals surface area (Å²) in [6, 6.07) is 15.2. The van der Waals surface area contributed by atoms with Gasteiger partial charge in [0, 0.05) is 6.54 Å². The molecule has 3 rings (SSSR count). The summed E-state index contributed by atoms with van der Waals surface area (Å²) in [4.78, 5) is 26.3. The van der Waals surface area contributed by atoms with Crippen LogP contribution in [-0.2, 0) is 17.6 Å². The first-order valence-electron chi connectivity index (χ1n) is 10.2. The van der Waals surface area contributed by atoms with Gasteiger partial charge in [-0.05, 0) is 50.2 Å². The Kier molecular flexibility index (Phi) is 7.42. The van der Waals surface area contributed by atoms with E-state index in [0.717, 1.165) is 17.7 Å². The number of hydrogen-bond acceptors (Lipinski definition) is 4. The van der Waals surface area contributed by atoms with E-state index in [2.05, 4.69) is 5.32 Å². The molecular formula is C24H23F3N2O4. The van der Waals surface area contributed by atoms with E-state index in [1.807, 2.05) is 31.2 Å². The number of rotatable bonds is 8. The zero-order valence-electron chi connectivity index (χ0n) is 18.1. The van der Waals surface area contributed by atoms with Gasteiger partial charge in [-0.15, -0.1) is 0 Å². The lowest BCUT2D eigenvalue weighted by Crippen LogP contribution is -2.38. The summed E-state index contributed by atoms with van der Waals surface area (Å²) in [6.07, 6.45) is -4.62. The highest BCUT2D eigenvalue weighted by Crippen LogP contribution is 2.34. The first-order chi connectivity index (χ1) is 15.7. The van der Waals surface area contributed by atoms with E-state index >= 15 is 0 Å². The molecule has 0 aliphatic carbocycles. The Morgan fingerprint density at radius 3 is 2.39 bits per heavy atom. The van der Waals surface area contributed by atoms with E-state index in [1.54, 1.807) is 13.0 Å². The summed E-state index contributed by atoms with van der Waals surface area (Å²) in [5, 5.41) is 2.23. The number of nitrogens with zero attached hydrogens (tertiary/aromatic N) is 1. The molecular weight excluding hydrogens is 437 g/mol. The Bertz CT molecular complexity index is 1110. The van der Waals surface area contributed by atoms with Crippen LogP contribution in [0.2, 0.25) is 0 Å². The van der Waals surface area contributed by atoms with Gasteiger partial charge in [0.1, 0.15) is 24.7 Å². The van der Waals surface area contributed by atoms with Crippen molar-refractivity contribution >= 4 is 17.5 Å². The van der Waals surface area contributed by atoms with Crippen molar-refractivity contribution in [1.29, 1.82) is 0 Å². The van der Waals surface area contributed by atoms with Crippen molar-refractivity contribution in [2.45, 2.75) is 26.6 Å². The fourth-order valence-electron chi connectivity index (χ4n) is 3.04. The second-order valence-electron chi connectivity index (χ2n) is 7.28. The Labute approximate surface area is 189 Å². The van der Waals surface area contributed by atoms with Crippen LogP contribution >= 0.6 is 0 Å². The minimum Gasteiger partial charge on any atom is -0.486 e. The van der Waals surface area contributed by atoms with E-state index in [9.17, 15) is 22.8 Å². The van der Waals surface area contributed by atoms with Crippen LogP contribution in [0.1, 0.15) is 34.4 Å². The molecule has 0 aliphatic rings. The van der Waals surface area contributed by atoms with Crippen LogP contribution in [0.15, 0.2) is 65.1 Å². The van der Waals surface area contributed by atoms with Crippen molar-refractivity contribution in [3.63, 3.8) is 0 Å². The molecule has 0 saturated carbocycles. The average molecular weight is 460 g/mol. The number of alkyl halides is 3. The quantitative estimate of drug-likeness (QED) is 0.496. The van der Waals surface area contributed by atoms with Crippen LogP contribution in [0.5, 0.6) is 5.75 Å². The molecule has 33 heavy (non-hydrogen) atoms. The van der Waals surface area contributed by atoms with Gasteiger partial charge in [0.2, 0.25) is 5.91 Å². The normalized spacial score (nSPS) is 11.2. The first kappa shape index (κ1) is 23.9.